The van der Waals surface area contributed by atoms with Gasteiger partial charge in [0.15, 0.2) is 0 Å². The maximum Gasteiger partial charge on any atom is 0.305 e. The summed E-state index contributed by atoms with van der Waals surface area (Å²) in [5.74, 6) is -0.563. The number of carboxylic acid groups (broad SMARTS) is 1. The van der Waals surface area contributed by atoms with Crippen molar-refractivity contribution in [2.24, 2.45) is 0 Å². The van der Waals surface area contributed by atoms with E-state index in [2.05, 4.69) is 0 Å². The van der Waals surface area contributed by atoms with Gasteiger partial charge in [-0.3, -0.25) is 9.78 Å². The molecular formula is C25H25NO5. The topological polar surface area (TPSA) is 111 Å². The van der Waals surface area contributed by atoms with Gasteiger partial charge in [-0.25, -0.2) is 0 Å². The molecule has 1 aromatic heterocycles. The highest BCUT2D eigenvalue weighted by molar-refractivity contribution is 5.99. The molecule has 0 saturated heterocycles. The molecular weight excluding hydrogens is 394 g/mol. The summed E-state index contributed by atoms with van der Waals surface area (Å²) >= 11 is 0. The van der Waals surface area contributed by atoms with Crippen molar-refractivity contribution in [2.45, 2.75) is 43.8 Å². The number of pyridine rings is 1. The number of nitrogens with zero attached hydrogens (tertiary/aromatic N) is 1. The van der Waals surface area contributed by atoms with Gasteiger partial charge in [0.05, 0.1) is 29.8 Å². The van der Waals surface area contributed by atoms with Gasteiger partial charge in [-0.2, -0.15) is 0 Å². The molecule has 0 amide bonds. The Morgan fingerprint density at radius 2 is 1.81 bits per heavy atom. The van der Waals surface area contributed by atoms with Gasteiger partial charge in [0.2, 0.25) is 0 Å². The number of aliphatic carboxylic acids is 1. The molecule has 2 aromatic carbocycles. The first-order chi connectivity index (χ1) is 14.9. The fraction of sp³-hybridized carbons (Fsp3) is 0.280. The van der Waals surface area contributed by atoms with Crippen LogP contribution in [0.3, 0.4) is 0 Å². The average molecular weight is 419 g/mol. The van der Waals surface area contributed by atoms with E-state index in [1.54, 1.807) is 18.2 Å². The first-order valence-corrected chi connectivity index (χ1v) is 10.4. The number of hydrogen-bond acceptors (Lipinski definition) is 5. The molecule has 6 nitrogen and oxygen atoms in total. The highest BCUT2D eigenvalue weighted by atomic mass is 16.4. The van der Waals surface area contributed by atoms with Crippen LogP contribution in [0.15, 0.2) is 54.6 Å². The van der Waals surface area contributed by atoms with Crippen LogP contribution in [0.2, 0.25) is 0 Å². The number of para-hydroxylation sites is 1. The molecule has 1 fully saturated rings. The maximum atomic E-state index is 10.8. The van der Waals surface area contributed by atoms with Crippen molar-refractivity contribution < 1.29 is 25.2 Å². The van der Waals surface area contributed by atoms with Crippen molar-refractivity contribution in [2.75, 3.05) is 0 Å². The number of rotatable bonds is 8. The zero-order chi connectivity index (χ0) is 22.0. The van der Waals surface area contributed by atoms with Crippen LogP contribution in [0.5, 0.6) is 5.75 Å². The van der Waals surface area contributed by atoms with Gasteiger partial charge in [-0.1, -0.05) is 42.5 Å². The van der Waals surface area contributed by atoms with E-state index in [1.165, 1.54) is 0 Å². The van der Waals surface area contributed by atoms with Gasteiger partial charge in [-0.05, 0) is 36.6 Å². The smallest absolute Gasteiger partial charge is 0.305 e. The zero-order valence-electron chi connectivity index (χ0n) is 17.0. The first-order valence-electron chi connectivity index (χ1n) is 10.4. The summed E-state index contributed by atoms with van der Waals surface area (Å²) in [6.45, 7) is 0. The fourth-order valence-electron chi connectivity index (χ4n) is 3.87. The number of aromatic nitrogens is 1. The van der Waals surface area contributed by atoms with E-state index in [1.807, 2.05) is 42.5 Å². The molecule has 0 bridgehead atoms. The Hall–Kier alpha value is -3.22. The lowest BCUT2D eigenvalue weighted by molar-refractivity contribution is -0.139. The average Bonchev–Trinajstić information content (AvgIpc) is 3.56. The third-order valence-corrected chi connectivity index (χ3v) is 5.49. The Morgan fingerprint density at radius 1 is 1.10 bits per heavy atom. The minimum atomic E-state index is -1.12. The minimum absolute atomic E-state index is 0.0584. The molecule has 1 aliphatic carbocycles. The Kier molecular flexibility index (Phi) is 6.02. The largest absolute Gasteiger partial charge is 0.508 e. The Bertz CT molecular complexity index is 1120. The second kappa shape index (κ2) is 8.88. The maximum absolute atomic E-state index is 10.8. The molecule has 1 aliphatic rings. The lowest BCUT2D eigenvalue weighted by Gasteiger charge is -2.16. The van der Waals surface area contributed by atoms with Crippen molar-refractivity contribution in [3.8, 4) is 16.9 Å². The van der Waals surface area contributed by atoms with Crippen LogP contribution in [-0.2, 0) is 4.79 Å². The van der Waals surface area contributed by atoms with Gasteiger partial charge in [0.1, 0.15) is 5.75 Å². The predicted octanol–water partition coefficient (Wildman–Crippen LogP) is 4.08. The molecule has 160 valence electrons. The number of aliphatic hydroxyl groups excluding tert-OH is 2. The van der Waals surface area contributed by atoms with Crippen molar-refractivity contribution >= 4 is 22.9 Å². The lowest BCUT2D eigenvalue weighted by Crippen LogP contribution is -2.19. The van der Waals surface area contributed by atoms with E-state index in [0.29, 0.717) is 5.92 Å². The summed E-state index contributed by atoms with van der Waals surface area (Å²) in [5.41, 5.74) is 4.66. The van der Waals surface area contributed by atoms with Crippen LogP contribution in [0.4, 0.5) is 0 Å². The number of phenolic OH excluding ortho intramolecular Hbond substituents is 1. The highest BCUT2D eigenvalue weighted by Crippen LogP contribution is 2.45. The summed E-state index contributed by atoms with van der Waals surface area (Å²) in [4.78, 5) is 15.7. The molecule has 4 rings (SSSR count). The third-order valence-electron chi connectivity index (χ3n) is 5.49. The van der Waals surface area contributed by atoms with Crippen molar-refractivity contribution in [3.05, 3.63) is 65.9 Å². The van der Waals surface area contributed by atoms with Crippen LogP contribution in [0, 0.1) is 0 Å². The van der Waals surface area contributed by atoms with E-state index in [0.717, 1.165) is 46.1 Å². The van der Waals surface area contributed by atoms with Crippen molar-refractivity contribution in [3.63, 3.8) is 0 Å². The highest BCUT2D eigenvalue weighted by Gasteiger charge is 2.29. The van der Waals surface area contributed by atoms with Crippen LogP contribution in [0.1, 0.15) is 42.9 Å². The molecule has 1 heterocycles. The van der Waals surface area contributed by atoms with E-state index in [4.69, 9.17) is 10.1 Å². The molecule has 0 unspecified atom stereocenters. The predicted molar refractivity (Wildman–Crippen MR) is 119 cm³/mol. The Morgan fingerprint density at radius 3 is 2.48 bits per heavy atom. The number of hydrogen-bond donors (Lipinski definition) is 4. The normalized spacial score (nSPS) is 15.9. The minimum Gasteiger partial charge on any atom is -0.508 e. The molecule has 1 saturated carbocycles. The molecule has 0 spiro atoms. The summed E-state index contributed by atoms with van der Waals surface area (Å²) < 4.78 is 0. The summed E-state index contributed by atoms with van der Waals surface area (Å²) in [5, 5.41) is 39.7. The van der Waals surface area contributed by atoms with Gasteiger partial charge in [0, 0.05) is 28.9 Å². The molecule has 31 heavy (non-hydrogen) atoms. The third kappa shape index (κ3) is 4.93. The zero-order valence-corrected chi connectivity index (χ0v) is 17.0. The monoisotopic (exact) mass is 419 g/mol. The van der Waals surface area contributed by atoms with Crippen LogP contribution in [0.25, 0.3) is 28.1 Å². The summed E-state index contributed by atoms with van der Waals surface area (Å²) in [7, 11) is 0. The standard InChI is InChI=1S/C25H25NO5/c27-17-9-7-15(8-10-17)24-20-3-1-2-4-22(20)26-25(16-5-6-16)21(24)12-11-18(28)13-19(29)14-23(30)31/h1-4,7-12,16,18-19,27-29H,5-6,13-14H2,(H,30,31)/t18-,19-/m1/s1. The number of fused-ring (bicyclic) bond motifs is 1. The van der Waals surface area contributed by atoms with E-state index in [-0.39, 0.29) is 12.2 Å². The lowest BCUT2D eigenvalue weighted by atomic mass is 9.92. The van der Waals surface area contributed by atoms with Crippen LogP contribution < -0.4 is 0 Å². The molecule has 3 aromatic rings. The fourth-order valence-corrected chi connectivity index (χ4v) is 3.87. The van der Waals surface area contributed by atoms with Crippen molar-refractivity contribution in [1.82, 2.24) is 4.98 Å². The molecule has 2 atom stereocenters. The van der Waals surface area contributed by atoms with Crippen LogP contribution in [-0.4, -0.2) is 43.6 Å². The first kappa shape index (κ1) is 21.0. The quantitative estimate of drug-likeness (QED) is 0.438. The summed E-state index contributed by atoms with van der Waals surface area (Å²) in [6, 6.07) is 14.9. The number of phenols is 1. The summed E-state index contributed by atoms with van der Waals surface area (Å²) in [6.07, 6.45) is 2.96. The SMILES string of the molecule is O=C(O)C[C@H](O)C[C@H](O)C=Cc1c(C2CC2)nc2ccccc2c1-c1ccc(O)cc1. The number of aliphatic hydroxyl groups is 2. The number of carboxylic acids is 1. The Balaban J connectivity index is 1.79. The number of benzene rings is 2. The number of aromatic hydroxyl groups is 1. The second-order valence-corrected chi connectivity index (χ2v) is 8.04. The number of carbonyl (C=O) groups is 1. The van der Waals surface area contributed by atoms with Gasteiger partial charge in [-0.15, -0.1) is 0 Å². The van der Waals surface area contributed by atoms with Gasteiger partial charge >= 0.3 is 5.97 Å². The van der Waals surface area contributed by atoms with Gasteiger partial charge < -0.3 is 20.4 Å². The molecule has 0 aliphatic heterocycles. The molecule has 6 heteroatoms. The Labute approximate surface area is 180 Å². The van der Waals surface area contributed by atoms with E-state index in [9.17, 15) is 20.1 Å². The van der Waals surface area contributed by atoms with E-state index < -0.39 is 24.6 Å². The van der Waals surface area contributed by atoms with Crippen LogP contribution >= 0.6 is 0 Å². The van der Waals surface area contributed by atoms with E-state index >= 15 is 0 Å². The second-order valence-electron chi connectivity index (χ2n) is 8.04. The van der Waals surface area contributed by atoms with Crippen molar-refractivity contribution in [1.29, 1.82) is 0 Å². The van der Waals surface area contributed by atoms with Gasteiger partial charge in [0.25, 0.3) is 0 Å². The molecule has 4 N–H and O–H groups in total. The molecule has 0 radical (unpaired) electrons.